The van der Waals surface area contributed by atoms with Crippen molar-refractivity contribution in [3.05, 3.63) is 80.8 Å². The molecule has 2 aliphatic carbocycles. The van der Waals surface area contributed by atoms with Gasteiger partial charge in [-0.1, -0.05) is 73.2 Å². The maximum Gasteiger partial charge on any atom is 0.182 e. The predicted molar refractivity (Wildman–Crippen MR) is 223 cm³/mol. The Hall–Kier alpha value is -2.06. The van der Waals surface area contributed by atoms with Gasteiger partial charge in [0.1, 0.15) is 0 Å². The van der Waals surface area contributed by atoms with Crippen LogP contribution in [0.2, 0.25) is 10.0 Å². The summed E-state index contributed by atoms with van der Waals surface area (Å²) in [5, 5.41) is 11.6. The third-order valence-corrected chi connectivity index (χ3v) is 12.4. The van der Waals surface area contributed by atoms with Crippen molar-refractivity contribution in [1.82, 2.24) is 20.1 Å². The summed E-state index contributed by atoms with van der Waals surface area (Å²) in [6.45, 7) is 9.99. The van der Waals surface area contributed by atoms with Gasteiger partial charge in [-0.25, -0.2) is 4.98 Å². The van der Waals surface area contributed by atoms with Gasteiger partial charge in [-0.15, -0.1) is 22.9 Å². The third-order valence-electron chi connectivity index (χ3n) is 10.7. The van der Waals surface area contributed by atoms with E-state index in [2.05, 4.69) is 50.2 Å². The number of halogens is 3. The molecule has 0 amide bonds. The molecular weight excluding hydrogens is 771 g/mol. The van der Waals surface area contributed by atoms with E-state index in [1.54, 1.807) is 11.3 Å². The van der Waals surface area contributed by atoms with Crippen molar-refractivity contribution in [2.75, 3.05) is 83.6 Å². The molecule has 14 heteroatoms. The third kappa shape index (κ3) is 12.0. The van der Waals surface area contributed by atoms with Crippen LogP contribution in [-0.2, 0) is 25.1 Å². The molecule has 0 unspecified atom stereocenters. The zero-order valence-corrected chi connectivity index (χ0v) is 34.3. The molecule has 2 aliphatic heterocycles. The number of alkyl halides is 1. The summed E-state index contributed by atoms with van der Waals surface area (Å²) < 4.78 is 10.6. The molecule has 4 aliphatic rings. The number of morpholine rings is 2. The lowest BCUT2D eigenvalue weighted by Crippen LogP contribution is -2.45. The molecular formula is C39H53Cl3N6O3S2. The molecule has 7 rings (SSSR count). The molecule has 290 valence electrons. The van der Waals surface area contributed by atoms with E-state index in [9.17, 15) is 4.79 Å². The average molecular weight is 824 g/mol. The Morgan fingerprint density at radius 1 is 0.830 bits per heavy atom. The summed E-state index contributed by atoms with van der Waals surface area (Å²) in [6.07, 6.45) is 8.91. The molecule has 53 heavy (non-hydrogen) atoms. The van der Waals surface area contributed by atoms with Crippen molar-refractivity contribution in [2.24, 2.45) is 5.73 Å². The van der Waals surface area contributed by atoms with Gasteiger partial charge in [0.25, 0.3) is 0 Å². The number of ether oxygens (including phenoxy) is 2. The summed E-state index contributed by atoms with van der Waals surface area (Å²) in [5.41, 5.74) is 8.63. The molecule has 0 spiro atoms. The summed E-state index contributed by atoms with van der Waals surface area (Å²) in [7, 11) is 0. The minimum Gasteiger partial charge on any atom is -0.379 e. The number of hydrogen-bond donors (Lipinski definition) is 3. The number of carbonyl (C=O) groups excluding carboxylic acids is 1. The summed E-state index contributed by atoms with van der Waals surface area (Å²) in [5.74, 6) is 0.247. The van der Waals surface area contributed by atoms with Crippen molar-refractivity contribution in [2.45, 2.75) is 62.2 Å². The van der Waals surface area contributed by atoms with E-state index in [0.717, 1.165) is 114 Å². The number of nitrogens with two attached hydrogens (primary N) is 1. The Bertz CT molecular complexity index is 1560. The van der Waals surface area contributed by atoms with Crippen LogP contribution in [0, 0.1) is 0 Å². The molecule has 0 bridgehead atoms. The van der Waals surface area contributed by atoms with Gasteiger partial charge in [0, 0.05) is 60.1 Å². The van der Waals surface area contributed by atoms with Crippen molar-refractivity contribution < 1.29 is 14.3 Å². The lowest BCUT2D eigenvalue weighted by molar-refractivity contribution is -0.122. The van der Waals surface area contributed by atoms with E-state index in [4.69, 9.17) is 55.0 Å². The molecule has 3 aromatic rings. The highest BCUT2D eigenvalue weighted by atomic mass is 35.5. The van der Waals surface area contributed by atoms with E-state index in [1.165, 1.54) is 36.9 Å². The fraction of sp³-hybridized carbons (Fsp3) is 0.564. The number of hydrogen-bond acceptors (Lipinski definition) is 9. The largest absolute Gasteiger partial charge is 0.379 e. The predicted octanol–water partition coefficient (Wildman–Crippen LogP) is 7.47. The van der Waals surface area contributed by atoms with Crippen LogP contribution in [0.4, 0.5) is 5.13 Å². The molecule has 3 heterocycles. The van der Waals surface area contributed by atoms with Gasteiger partial charge >= 0.3 is 0 Å². The van der Waals surface area contributed by atoms with Gasteiger partial charge < -0.3 is 25.8 Å². The number of ketones is 1. The first-order valence-electron chi connectivity index (χ1n) is 18.7. The van der Waals surface area contributed by atoms with Gasteiger partial charge in [-0.3, -0.25) is 14.6 Å². The fourth-order valence-corrected chi connectivity index (χ4v) is 9.12. The number of carbonyl (C=O) groups is 1. The number of thiazole rings is 1. The van der Waals surface area contributed by atoms with E-state index in [1.807, 2.05) is 36.4 Å². The smallest absolute Gasteiger partial charge is 0.182 e. The molecule has 2 saturated heterocycles. The van der Waals surface area contributed by atoms with E-state index in [0.29, 0.717) is 10.1 Å². The van der Waals surface area contributed by atoms with E-state index >= 15 is 0 Å². The molecule has 4 fully saturated rings. The first-order chi connectivity index (χ1) is 25.7. The Balaban J connectivity index is 0.000000171. The lowest BCUT2D eigenvalue weighted by atomic mass is 9.76. The van der Waals surface area contributed by atoms with Gasteiger partial charge in [0.05, 0.1) is 50.1 Å². The molecule has 1 aromatic heterocycles. The SMILES string of the molecule is Clc1ccc(C2(c3csc(NCCN4CCOCC4)n3)CCCC2)cc1.NC(=S)NCN1CCOCC1.O=C(CCl)C1(c2ccc(Cl)cc2)CCCC1. The van der Waals surface area contributed by atoms with Crippen LogP contribution in [-0.4, -0.2) is 104 Å². The lowest BCUT2D eigenvalue weighted by Gasteiger charge is -2.28. The van der Waals surface area contributed by atoms with Crippen LogP contribution in [0.25, 0.3) is 0 Å². The summed E-state index contributed by atoms with van der Waals surface area (Å²) >= 11 is 24.1. The number of rotatable bonds is 11. The Morgan fingerprint density at radius 2 is 1.36 bits per heavy atom. The van der Waals surface area contributed by atoms with E-state index < -0.39 is 0 Å². The number of benzene rings is 2. The highest BCUT2D eigenvalue weighted by Gasteiger charge is 2.42. The maximum atomic E-state index is 12.1. The minimum absolute atomic E-state index is 0.0607. The number of nitrogens with zero attached hydrogens (tertiary/aromatic N) is 3. The first kappa shape index (κ1) is 42.1. The summed E-state index contributed by atoms with van der Waals surface area (Å²) in [6, 6.07) is 16.0. The molecule has 0 atom stereocenters. The molecule has 9 nitrogen and oxygen atoms in total. The minimum atomic E-state index is -0.341. The van der Waals surface area contributed by atoms with Crippen LogP contribution in [0.15, 0.2) is 53.9 Å². The molecule has 0 radical (unpaired) electrons. The van der Waals surface area contributed by atoms with Crippen molar-refractivity contribution in [3.63, 3.8) is 0 Å². The zero-order chi connectivity index (χ0) is 37.5. The highest BCUT2D eigenvalue weighted by molar-refractivity contribution is 7.80. The van der Waals surface area contributed by atoms with Gasteiger partial charge in [-0.05, 0) is 73.3 Å². The number of aromatic nitrogens is 1. The van der Waals surface area contributed by atoms with Crippen molar-refractivity contribution >= 4 is 74.4 Å². The molecule has 2 saturated carbocycles. The second kappa shape index (κ2) is 21.3. The quantitative estimate of drug-likeness (QED) is 0.133. The van der Waals surface area contributed by atoms with Crippen LogP contribution in [0.5, 0.6) is 0 Å². The van der Waals surface area contributed by atoms with Crippen molar-refractivity contribution in [1.29, 1.82) is 0 Å². The average Bonchev–Trinajstić information content (AvgIpc) is 3.99. The molecule has 2 aromatic carbocycles. The Kier molecular flexibility index (Phi) is 16.9. The number of anilines is 1. The van der Waals surface area contributed by atoms with Crippen LogP contribution >= 0.6 is 58.4 Å². The normalized spacial score (nSPS) is 19.7. The number of Topliss-reactive ketones (excluding diaryl/α,β-unsaturated/α-hetero) is 1. The topological polar surface area (TPSA) is 105 Å². The van der Waals surface area contributed by atoms with Crippen LogP contribution < -0.4 is 16.4 Å². The maximum absolute atomic E-state index is 12.1. The zero-order valence-electron chi connectivity index (χ0n) is 30.4. The van der Waals surface area contributed by atoms with Crippen molar-refractivity contribution in [3.8, 4) is 0 Å². The summed E-state index contributed by atoms with van der Waals surface area (Å²) in [4.78, 5) is 21.7. The number of thiocarbonyl (C=S) groups is 1. The Labute approximate surface area is 339 Å². The highest BCUT2D eigenvalue weighted by Crippen LogP contribution is 2.47. The van der Waals surface area contributed by atoms with Crippen LogP contribution in [0.1, 0.15) is 68.2 Å². The Morgan fingerprint density at radius 3 is 1.91 bits per heavy atom. The second-order valence-electron chi connectivity index (χ2n) is 14.0. The fourth-order valence-electron chi connectivity index (χ4n) is 7.71. The standard InChI is InChI=1S/C20H26ClN3OS.C13H14Cl2O.C6H13N3OS/c21-17-5-3-16(4-6-17)20(7-1-2-8-20)18-15-26-19(23-18)22-9-10-24-11-13-25-14-12-24;14-9-12(16)13(7-1-2-8-13)10-3-5-11(15)6-4-10;7-6(11)8-5-9-1-3-10-4-2-9/h3-6,15H,1-2,7-14H2,(H,22,23);3-6H,1-2,7-9H2;1-5H2,(H3,7,8,11). The van der Waals surface area contributed by atoms with Gasteiger partial charge in [0.2, 0.25) is 0 Å². The van der Waals surface area contributed by atoms with Crippen LogP contribution in [0.3, 0.4) is 0 Å². The molecule has 4 N–H and O–H groups in total. The number of nitrogens with one attached hydrogen (secondary N) is 2. The van der Waals surface area contributed by atoms with Gasteiger partial charge in [0.15, 0.2) is 16.0 Å². The monoisotopic (exact) mass is 822 g/mol. The first-order valence-corrected chi connectivity index (χ1v) is 21.3. The van der Waals surface area contributed by atoms with Gasteiger partial charge in [-0.2, -0.15) is 0 Å². The second-order valence-corrected chi connectivity index (χ2v) is 16.4. The van der Waals surface area contributed by atoms with E-state index in [-0.39, 0.29) is 22.5 Å².